The predicted molar refractivity (Wildman–Crippen MR) is 89.2 cm³/mol. The van der Waals surface area contributed by atoms with Gasteiger partial charge in [-0.15, -0.1) is 0 Å². The Bertz CT molecular complexity index is 391. The average Bonchev–Trinajstić information content (AvgIpc) is 2.46. The fraction of sp³-hybridized carbons (Fsp3) is 0.684. The molecule has 0 saturated heterocycles. The number of rotatable bonds is 7. The van der Waals surface area contributed by atoms with Crippen LogP contribution >= 0.6 is 0 Å². The van der Waals surface area contributed by atoms with Gasteiger partial charge in [0.05, 0.1) is 12.7 Å². The monoisotopic (exact) mass is 289 g/mol. The van der Waals surface area contributed by atoms with Crippen LogP contribution in [0.2, 0.25) is 0 Å². The zero-order valence-electron chi connectivity index (χ0n) is 13.9. The first-order valence-corrected chi connectivity index (χ1v) is 8.57. The molecule has 2 atom stereocenters. The summed E-state index contributed by atoms with van der Waals surface area (Å²) in [5.41, 5.74) is 2.65. The van der Waals surface area contributed by atoms with Gasteiger partial charge in [0, 0.05) is 6.54 Å². The van der Waals surface area contributed by atoms with Gasteiger partial charge in [0.25, 0.3) is 0 Å². The van der Waals surface area contributed by atoms with Gasteiger partial charge in [0.2, 0.25) is 0 Å². The van der Waals surface area contributed by atoms with Crippen molar-refractivity contribution in [1.29, 1.82) is 0 Å². The average molecular weight is 289 g/mol. The third kappa shape index (κ3) is 5.80. The molecule has 0 aromatic heterocycles. The van der Waals surface area contributed by atoms with Crippen LogP contribution in [-0.4, -0.2) is 12.6 Å². The van der Waals surface area contributed by atoms with Gasteiger partial charge >= 0.3 is 0 Å². The summed E-state index contributed by atoms with van der Waals surface area (Å²) in [5, 5.41) is 3.43. The highest BCUT2D eigenvalue weighted by molar-refractivity contribution is 5.21. The van der Waals surface area contributed by atoms with Crippen molar-refractivity contribution < 1.29 is 4.74 Å². The second-order valence-corrected chi connectivity index (χ2v) is 6.84. The maximum absolute atomic E-state index is 6.13. The summed E-state index contributed by atoms with van der Waals surface area (Å²) in [6.45, 7) is 9.71. The number of benzene rings is 1. The van der Waals surface area contributed by atoms with E-state index in [0.717, 1.165) is 31.5 Å². The maximum atomic E-state index is 6.13. The highest BCUT2D eigenvalue weighted by Gasteiger charge is 2.24. The fourth-order valence-electron chi connectivity index (χ4n) is 3.39. The van der Waals surface area contributed by atoms with Crippen molar-refractivity contribution in [1.82, 2.24) is 5.32 Å². The van der Waals surface area contributed by atoms with E-state index < -0.39 is 0 Å². The summed E-state index contributed by atoms with van der Waals surface area (Å²) >= 11 is 0. The molecule has 1 aliphatic rings. The molecule has 2 heteroatoms. The second kappa shape index (κ2) is 8.55. The molecule has 0 bridgehead atoms. The third-order valence-corrected chi connectivity index (χ3v) is 4.40. The molecule has 1 fully saturated rings. The smallest absolute Gasteiger partial charge is 0.0720 e. The maximum Gasteiger partial charge on any atom is 0.0720 e. The van der Waals surface area contributed by atoms with Gasteiger partial charge in [0.15, 0.2) is 0 Å². The Balaban J connectivity index is 1.75. The molecule has 2 rings (SSSR count). The SMILES string of the molecule is CCCNCc1ccc(COC2CC(C)CC(C)C2)cc1. The molecule has 0 heterocycles. The van der Waals surface area contributed by atoms with Gasteiger partial charge in [0.1, 0.15) is 0 Å². The first-order chi connectivity index (χ1) is 10.2. The van der Waals surface area contributed by atoms with Gasteiger partial charge in [-0.05, 0) is 55.2 Å². The Kier molecular flexibility index (Phi) is 6.72. The van der Waals surface area contributed by atoms with Gasteiger partial charge in [-0.2, -0.15) is 0 Å². The first-order valence-electron chi connectivity index (χ1n) is 8.57. The van der Waals surface area contributed by atoms with Crippen LogP contribution in [0.1, 0.15) is 57.6 Å². The fourth-order valence-corrected chi connectivity index (χ4v) is 3.39. The highest BCUT2D eigenvalue weighted by Crippen LogP contribution is 2.30. The van der Waals surface area contributed by atoms with E-state index >= 15 is 0 Å². The molecule has 0 amide bonds. The molecule has 0 aliphatic heterocycles. The summed E-state index contributed by atoms with van der Waals surface area (Å²) in [7, 11) is 0. The summed E-state index contributed by atoms with van der Waals surface area (Å²) in [6, 6.07) is 8.85. The van der Waals surface area contributed by atoms with Crippen molar-refractivity contribution >= 4 is 0 Å². The van der Waals surface area contributed by atoms with Gasteiger partial charge in [-0.25, -0.2) is 0 Å². The van der Waals surface area contributed by atoms with Crippen LogP contribution in [0.25, 0.3) is 0 Å². The highest BCUT2D eigenvalue weighted by atomic mass is 16.5. The summed E-state index contributed by atoms with van der Waals surface area (Å²) in [4.78, 5) is 0. The minimum absolute atomic E-state index is 0.453. The largest absolute Gasteiger partial charge is 0.374 e. The molecule has 0 radical (unpaired) electrons. The van der Waals surface area contributed by atoms with Crippen molar-refractivity contribution in [3.05, 3.63) is 35.4 Å². The zero-order chi connectivity index (χ0) is 15.1. The molecule has 1 saturated carbocycles. The van der Waals surface area contributed by atoms with Crippen LogP contribution in [0.5, 0.6) is 0 Å². The van der Waals surface area contributed by atoms with E-state index in [4.69, 9.17) is 4.74 Å². The number of ether oxygens (including phenoxy) is 1. The molecule has 118 valence electrons. The lowest BCUT2D eigenvalue weighted by Gasteiger charge is -2.31. The molecule has 1 aliphatic carbocycles. The van der Waals surface area contributed by atoms with Crippen molar-refractivity contribution in [3.8, 4) is 0 Å². The molecular formula is C19H31NO. The molecule has 2 nitrogen and oxygen atoms in total. The predicted octanol–water partition coefficient (Wildman–Crippen LogP) is 4.53. The van der Waals surface area contributed by atoms with E-state index in [9.17, 15) is 0 Å². The van der Waals surface area contributed by atoms with Crippen molar-refractivity contribution in [2.75, 3.05) is 6.54 Å². The molecule has 21 heavy (non-hydrogen) atoms. The van der Waals surface area contributed by atoms with E-state index in [0.29, 0.717) is 6.10 Å². The van der Waals surface area contributed by atoms with Crippen LogP contribution in [0, 0.1) is 11.8 Å². The number of hydrogen-bond donors (Lipinski definition) is 1. The van der Waals surface area contributed by atoms with Crippen LogP contribution in [0.15, 0.2) is 24.3 Å². The normalized spacial score (nSPS) is 26.0. The van der Waals surface area contributed by atoms with Crippen LogP contribution in [0.3, 0.4) is 0 Å². The summed E-state index contributed by atoms with van der Waals surface area (Å²) in [6.07, 6.45) is 5.45. The molecule has 1 aromatic carbocycles. The van der Waals surface area contributed by atoms with Crippen molar-refractivity contribution in [3.63, 3.8) is 0 Å². The standard InChI is InChI=1S/C19H31NO/c1-4-9-20-13-17-5-7-18(8-6-17)14-21-19-11-15(2)10-16(3)12-19/h5-8,15-16,19-20H,4,9-14H2,1-3H3. The van der Waals surface area contributed by atoms with Crippen LogP contribution < -0.4 is 5.32 Å². The van der Waals surface area contributed by atoms with Crippen molar-refractivity contribution in [2.24, 2.45) is 11.8 Å². The van der Waals surface area contributed by atoms with Crippen molar-refractivity contribution in [2.45, 2.75) is 65.7 Å². The number of nitrogens with one attached hydrogen (secondary N) is 1. The van der Waals surface area contributed by atoms with Crippen LogP contribution in [0.4, 0.5) is 0 Å². The van der Waals surface area contributed by atoms with E-state index in [-0.39, 0.29) is 0 Å². The Morgan fingerprint density at radius 3 is 2.24 bits per heavy atom. The van der Waals surface area contributed by atoms with Gasteiger partial charge in [-0.1, -0.05) is 45.0 Å². The quantitative estimate of drug-likeness (QED) is 0.745. The second-order valence-electron chi connectivity index (χ2n) is 6.84. The summed E-state index contributed by atoms with van der Waals surface area (Å²) < 4.78 is 6.13. The topological polar surface area (TPSA) is 21.3 Å². The lowest BCUT2D eigenvalue weighted by molar-refractivity contribution is -0.00915. The van der Waals surface area contributed by atoms with E-state index in [1.54, 1.807) is 0 Å². The minimum Gasteiger partial charge on any atom is -0.374 e. The molecule has 2 unspecified atom stereocenters. The third-order valence-electron chi connectivity index (χ3n) is 4.40. The molecule has 0 spiro atoms. The lowest BCUT2D eigenvalue weighted by atomic mass is 9.82. The first kappa shape index (κ1) is 16.5. The van der Waals surface area contributed by atoms with Gasteiger partial charge in [-0.3, -0.25) is 0 Å². The van der Waals surface area contributed by atoms with E-state index in [1.165, 1.54) is 36.8 Å². The molecule has 1 N–H and O–H groups in total. The van der Waals surface area contributed by atoms with Gasteiger partial charge < -0.3 is 10.1 Å². The Morgan fingerprint density at radius 2 is 1.62 bits per heavy atom. The van der Waals surface area contributed by atoms with E-state index in [2.05, 4.69) is 50.4 Å². The summed E-state index contributed by atoms with van der Waals surface area (Å²) in [5.74, 6) is 1.62. The Morgan fingerprint density at radius 1 is 1.00 bits per heavy atom. The Hall–Kier alpha value is -0.860. The van der Waals surface area contributed by atoms with Crippen LogP contribution in [-0.2, 0) is 17.9 Å². The molecule has 1 aromatic rings. The number of hydrogen-bond acceptors (Lipinski definition) is 2. The van der Waals surface area contributed by atoms with E-state index in [1.807, 2.05) is 0 Å². The minimum atomic E-state index is 0.453. The molecular weight excluding hydrogens is 258 g/mol. The lowest BCUT2D eigenvalue weighted by Crippen LogP contribution is -2.26. The Labute approximate surface area is 130 Å². The zero-order valence-corrected chi connectivity index (χ0v) is 13.9.